The molecule has 0 aliphatic carbocycles. The third-order valence-electron chi connectivity index (χ3n) is 6.45. The number of piperazine rings is 1. The highest BCUT2D eigenvalue weighted by atomic mass is 35.5. The molecule has 9 heteroatoms. The Kier molecular flexibility index (Phi) is 6.91. The van der Waals surface area contributed by atoms with Crippen LogP contribution in [0.25, 0.3) is 10.1 Å². The van der Waals surface area contributed by atoms with Crippen LogP contribution in [0, 0.1) is 0 Å². The number of halogens is 2. The van der Waals surface area contributed by atoms with Crippen LogP contribution in [0.5, 0.6) is 0 Å². The van der Waals surface area contributed by atoms with Gasteiger partial charge in [-0.3, -0.25) is 14.6 Å². The van der Waals surface area contributed by atoms with Gasteiger partial charge in [0.1, 0.15) is 4.88 Å². The van der Waals surface area contributed by atoms with E-state index in [1.165, 1.54) is 11.3 Å². The minimum Gasteiger partial charge on any atom is -0.332 e. The largest absolute Gasteiger partial charge is 0.332 e. The van der Waals surface area contributed by atoms with Crippen LogP contribution in [0.1, 0.15) is 34.5 Å². The monoisotopic (exact) mass is 526 g/mol. The average Bonchev–Trinajstić information content (AvgIpc) is 3.03. The Bertz CT molecular complexity index is 1350. The van der Waals surface area contributed by atoms with Gasteiger partial charge in [0, 0.05) is 59.5 Å². The molecule has 3 heterocycles. The molecule has 0 bridgehead atoms. The van der Waals surface area contributed by atoms with E-state index in [1.54, 1.807) is 16.0 Å². The van der Waals surface area contributed by atoms with E-state index < -0.39 is 0 Å². The fourth-order valence-corrected chi connectivity index (χ4v) is 6.23. The van der Waals surface area contributed by atoms with Crippen LogP contribution in [-0.4, -0.2) is 65.9 Å². The fraction of sp³-hybridized carbons (Fsp3) is 0.308. The molecule has 180 valence electrons. The predicted octanol–water partition coefficient (Wildman–Crippen LogP) is 5.54. The second kappa shape index (κ2) is 10.1. The number of thiophene rings is 1. The number of carbonyl (C=O) groups excluding carboxylic acids is 2. The van der Waals surface area contributed by atoms with Crippen molar-refractivity contribution in [1.82, 2.24) is 9.80 Å². The van der Waals surface area contributed by atoms with Crippen LogP contribution in [0.3, 0.4) is 0 Å². The molecule has 2 amide bonds. The van der Waals surface area contributed by atoms with Gasteiger partial charge in [0.05, 0.1) is 5.02 Å². The number of rotatable bonds is 3. The maximum absolute atomic E-state index is 13.3. The first-order chi connectivity index (χ1) is 16.9. The van der Waals surface area contributed by atoms with Gasteiger partial charge in [0.2, 0.25) is 5.84 Å². The molecule has 35 heavy (non-hydrogen) atoms. The van der Waals surface area contributed by atoms with Gasteiger partial charge in [0.15, 0.2) is 0 Å². The molecule has 0 radical (unpaired) electrons. The lowest BCUT2D eigenvalue weighted by molar-refractivity contribution is -0.126. The van der Waals surface area contributed by atoms with Crippen molar-refractivity contribution in [3.8, 4) is 0 Å². The van der Waals surface area contributed by atoms with Crippen molar-refractivity contribution < 1.29 is 9.59 Å². The second-order valence-corrected chi connectivity index (χ2v) is 10.6. The number of hydrogen-bond donors (Lipinski definition) is 0. The summed E-state index contributed by atoms with van der Waals surface area (Å²) in [5.41, 5.74) is 1.06. The molecule has 0 spiro atoms. The summed E-state index contributed by atoms with van der Waals surface area (Å²) in [7, 11) is 0. The number of amides is 2. The molecule has 1 aromatic heterocycles. The van der Waals surface area contributed by atoms with Crippen LogP contribution < -0.4 is 0 Å². The number of nitrogens with zero attached hydrogens (tertiary/aromatic N) is 4. The van der Waals surface area contributed by atoms with E-state index in [1.807, 2.05) is 55.5 Å². The van der Waals surface area contributed by atoms with Crippen molar-refractivity contribution in [3.05, 3.63) is 69.0 Å². The molecular formula is C26H24Cl2N4O2S. The van der Waals surface area contributed by atoms with Crippen molar-refractivity contribution in [2.24, 2.45) is 9.98 Å². The number of fused-ring (bicyclic) bond motifs is 1. The van der Waals surface area contributed by atoms with Crippen LogP contribution in [0.15, 0.2) is 58.5 Å². The molecule has 2 aliphatic rings. The number of hydrogen-bond acceptors (Lipinski definition) is 5. The first-order valence-corrected chi connectivity index (χ1v) is 13.1. The molecule has 2 unspecified atom stereocenters. The van der Waals surface area contributed by atoms with Gasteiger partial charge >= 0.3 is 0 Å². The van der Waals surface area contributed by atoms with Gasteiger partial charge in [-0.2, -0.15) is 0 Å². The normalized spacial score (nSPS) is 20.6. The Balaban J connectivity index is 1.26. The van der Waals surface area contributed by atoms with Crippen molar-refractivity contribution >= 4 is 68.5 Å². The Morgan fingerprint density at radius 2 is 1.89 bits per heavy atom. The van der Waals surface area contributed by atoms with Crippen molar-refractivity contribution in [1.29, 1.82) is 0 Å². The molecule has 2 atom stereocenters. The number of aliphatic imine (C=N–C) groups is 2. The molecule has 6 nitrogen and oxygen atoms in total. The summed E-state index contributed by atoms with van der Waals surface area (Å²) in [6.45, 7) is 3.73. The third-order valence-corrected chi connectivity index (χ3v) is 8.35. The molecule has 3 aromatic rings. The number of carbonyl (C=O) groups is 2. The van der Waals surface area contributed by atoms with Crippen molar-refractivity contribution in [3.63, 3.8) is 0 Å². The van der Waals surface area contributed by atoms with Crippen molar-refractivity contribution in [2.45, 2.75) is 25.3 Å². The Morgan fingerprint density at radius 1 is 1.06 bits per heavy atom. The smallest absolute Gasteiger partial charge is 0.291 e. The maximum atomic E-state index is 13.3. The molecular weight excluding hydrogens is 503 g/mol. The van der Waals surface area contributed by atoms with E-state index in [0.717, 1.165) is 22.1 Å². The molecule has 2 aliphatic heterocycles. The SMILES string of the molecule is CC1CN(C(=O)C2=NCCC(c3cccc(Cl)c3)C=N2)CCN1C(=O)c1sc2ccccc2c1Cl. The quantitative estimate of drug-likeness (QED) is 0.449. The molecule has 5 rings (SSSR count). The van der Waals surface area contributed by atoms with E-state index in [-0.39, 0.29) is 29.6 Å². The molecule has 0 N–H and O–H groups in total. The van der Waals surface area contributed by atoms with Gasteiger partial charge in [0.25, 0.3) is 11.8 Å². The summed E-state index contributed by atoms with van der Waals surface area (Å²) in [4.78, 5) is 39.5. The lowest BCUT2D eigenvalue weighted by Crippen LogP contribution is -2.56. The minimum atomic E-state index is -0.202. The summed E-state index contributed by atoms with van der Waals surface area (Å²) in [6.07, 6.45) is 2.55. The van der Waals surface area contributed by atoms with Gasteiger partial charge in [-0.1, -0.05) is 53.5 Å². The highest BCUT2D eigenvalue weighted by molar-refractivity contribution is 7.21. The van der Waals surface area contributed by atoms with E-state index in [9.17, 15) is 9.59 Å². The highest BCUT2D eigenvalue weighted by Crippen LogP contribution is 2.36. The first kappa shape index (κ1) is 24.0. The number of benzene rings is 2. The third kappa shape index (κ3) is 4.85. The Labute approximate surface area is 217 Å². The molecule has 0 saturated carbocycles. The van der Waals surface area contributed by atoms with Crippen LogP contribution in [0.4, 0.5) is 0 Å². The first-order valence-electron chi connectivity index (χ1n) is 11.5. The van der Waals surface area contributed by atoms with Gasteiger partial charge in [-0.05, 0) is 37.1 Å². The van der Waals surface area contributed by atoms with Crippen LogP contribution >= 0.6 is 34.5 Å². The zero-order valence-corrected chi connectivity index (χ0v) is 21.5. The van der Waals surface area contributed by atoms with E-state index >= 15 is 0 Å². The summed E-state index contributed by atoms with van der Waals surface area (Å²) in [5.74, 6) is -0.0203. The zero-order chi connectivity index (χ0) is 24.5. The lowest BCUT2D eigenvalue weighted by atomic mass is 9.97. The lowest BCUT2D eigenvalue weighted by Gasteiger charge is -2.39. The summed E-state index contributed by atoms with van der Waals surface area (Å²) in [6, 6.07) is 15.3. The summed E-state index contributed by atoms with van der Waals surface area (Å²) >= 11 is 14.1. The standard InChI is InChI=1S/C26H24Cl2N4O2S/c1-16-15-31(11-12-32(16)25(33)23-22(28)20-7-2-3-8-21(20)35-23)26(34)24-29-10-9-18(14-30-24)17-5-4-6-19(27)13-17/h2-8,13-14,16,18H,9-12,15H2,1H3. The Hall–Kier alpha value is -2.74. The predicted molar refractivity (Wildman–Crippen MR) is 144 cm³/mol. The minimum absolute atomic E-state index is 0.0576. The van der Waals surface area contributed by atoms with Crippen molar-refractivity contribution in [2.75, 3.05) is 26.2 Å². The fourth-order valence-electron chi connectivity index (χ4n) is 4.57. The van der Waals surface area contributed by atoms with E-state index in [2.05, 4.69) is 9.98 Å². The molecule has 1 saturated heterocycles. The van der Waals surface area contributed by atoms with Gasteiger partial charge in [-0.25, -0.2) is 4.99 Å². The zero-order valence-electron chi connectivity index (χ0n) is 19.2. The average molecular weight is 527 g/mol. The second-order valence-electron chi connectivity index (χ2n) is 8.77. The Morgan fingerprint density at radius 3 is 2.66 bits per heavy atom. The van der Waals surface area contributed by atoms with Gasteiger partial charge in [-0.15, -0.1) is 11.3 Å². The van der Waals surface area contributed by atoms with E-state index in [0.29, 0.717) is 41.1 Å². The highest BCUT2D eigenvalue weighted by Gasteiger charge is 2.33. The van der Waals surface area contributed by atoms with Crippen LogP contribution in [-0.2, 0) is 4.79 Å². The van der Waals surface area contributed by atoms with Crippen LogP contribution in [0.2, 0.25) is 10.0 Å². The maximum Gasteiger partial charge on any atom is 0.291 e. The summed E-state index contributed by atoms with van der Waals surface area (Å²) < 4.78 is 0.989. The molecule has 2 aromatic carbocycles. The number of amidine groups is 1. The summed E-state index contributed by atoms with van der Waals surface area (Å²) in [5, 5.41) is 2.07. The molecule has 1 fully saturated rings. The van der Waals surface area contributed by atoms with E-state index in [4.69, 9.17) is 23.2 Å². The topological polar surface area (TPSA) is 65.3 Å². The van der Waals surface area contributed by atoms with Gasteiger partial charge < -0.3 is 9.80 Å².